The van der Waals surface area contributed by atoms with Crippen LogP contribution >= 0.6 is 0 Å². The van der Waals surface area contributed by atoms with Crippen molar-refractivity contribution < 1.29 is 9.47 Å². The molecular formula is C42H28N8O2. The summed E-state index contributed by atoms with van der Waals surface area (Å²) in [5, 5.41) is 2.05. The molecule has 6 aromatic heterocycles. The highest BCUT2D eigenvalue weighted by atomic mass is 16.5. The van der Waals surface area contributed by atoms with Gasteiger partial charge in [-0.05, 0) is 72.8 Å². The molecule has 6 heterocycles. The summed E-state index contributed by atoms with van der Waals surface area (Å²) >= 11 is 0. The van der Waals surface area contributed by atoms with Crippen molar-refractivity contribution in [1.82, 2.24) is 38.2 Å². The smallest absolute Gasteiger partial charge is 0.137 e. The van der Waals surface area contributed by atoms with E-state index in [0.717, 1.165) is 67.3 Å². The van der Waals surface area contributed by atoms with Crippen LogP contribution < -0.4 is 9.47 Å². The van der Waals surface area contributed by atoms with Gasteiger partial charge in [0, 0.05) is 72.2 Å². The first kappa shape index (κ1) is 29.5. The predicted octanol–water partition coefficient (Wildman–Crippen LogP) is 9.47. The van der Waals surface area contributed by atoms with Gasteiger partial charge in [0.25, 0.3) is 0 Å². The first-order valence-corrected chi connectivity index (χ1v) is 16.7. The summed E-state index contributed by atoms with van der Waals surface area (Å²) in [6, 6.07) is 40.2. The van der Waals surface area contributed by atoms with Gasteiger partial charge in [0.15, 0.2) is 0 Å². The van der Waals surface area contributed by atoms with Crippen molar-refractivity contribution in [1.29, 1.82) is 0 Å². The van der Waals surface area contributed by atoms with E-state index in [1.165, 1.54) is 0 Å². The molecule has 0 radical (unpaired) electrons. The van der Waals surface area contributed by atoms with Crippen LogP contribution in [0.2, 0.25) is 0 Å². The Hall–Kier alpha value is -7.46. The van der Waals surface area contributed by atoms with Crippen LogP contribution in [-0.2, 0) is 0 Å². The van der Waals surface area contributed by atoms with Gasteiger partial charge in [-0.25, -0.2) is 19.9 Å². The third-order valence-electron chi connectivity index (χ3n) is 9.07. The van der Waals surface area contributed by atoms with Crippen LogP contribution in [0.15, 0.2) is 171 Å². The van der Waals surface area contributed by atoms with Gasteiger partial charge in [0.05, 0.1) is 46.1 Å². The molecule has 248 valence electrons. The molecule has 0 fully saturated rings. The first-order chi connectivity index (χ1) is 25.8. The molecule has 0 aliphatic heterocycles. The normalized spacial score (nSPS) is 11.5. The molecule has 10 rings (SSSR count). The van der Waals surface area contributed by atoms with Crippen molar-refractivity contribution in [3.05, 3.63) is 171 Å². The molecule has 0 unspecified atom stereocenters. The Morgan fingerprint density at radius 3 is 1.33 bits per heavy atom. The molecule has 0 amide bonds. The minimum Gasteiger partial charge on any atom is -0.457 e. The molecule has 4 aromatic carbocycles. The molecule has 0 aliphatic carbocycles. The van der Waals surface area contributed by atoms with Crippen molar-refractivity contribution in [2.24, 2.45) is 0 Å². The number of imidazole rings is 2. The molecular weight excluding hydrogens is 649 g/mol. The van der Waals surface area contributed by atoms with Gasteiger partial charge < -0.3 is 18.6 Å². The van der Waals surface area contributed by atoms with E-state index in [-0.39, 0.29) is 0 Å². The molecule has 10 nitrogen and oxygen atoms in total. The molecule has 0 spiro atoms. The van der Waals surface area contributed by atoms with E-state index < -0.39 is 0 Å². The van der Waals surface area contributed by atoms with Crippen molar-refractivity contribution >= 4 is 32.8 Å². The standard InChI is InChI=1S/C42H28N8O2/c1-3-17-45-39(11-1)49-37-25-33(51-31-9-5-7-29(23-31)47-21-19-43-27-47)13-15-35(37)42-41(49)36-16-14-34(26-38(36)50(42)40-12-2-4-18-46-40)52-32-10-6-8-30(24-32)48-22-20-44-28-48/h1-28H. The number of ether oxygens (including phenoxy) is 2. The Bertz CT molecular complexity index is 2650. The SMILES string of the molecule is c1ccc(-n2c3cc(Oc4cccc(-n5ccnc5)c4)ccc3c3c2c2ccc(Oc4cccc(-n5ccnc5)c4)cc2n3-c2ccccn2)nc1. The topological polar surface area (TPSA) is 89.7 Å². The van der Waals surface area contributed by atoms with E-state index in [0.29, 0.717) is 11.5 Å². The van der Waals surface area contributed by atoms with Gasteiger partial charge in [-0.3, -0.25) is 9.13 Å². The lowest BCUT2D eigenvalue weighted by Crippen LogP contribution is -1.97. The van der Waals surface area contributed by atoms with Gasteiger partial charge in [-0.1, -0.05) is 24.3 Å². The van der Waals surface area contributed by atoms with Crippen molar-refractivity contribution in [2.45, 2.75) is 0 Å². The van der Waals surface area contributed by atoms with E-state index in [9.17, 15) is 0 Å². The third kappa shape index (κ3) is 5.05. The fraction of sp³-hybridized carbons (Fsp3) is 0. The molecule has 52 heavy (non-hydrogen) atoms. The number of rotatable bonds is 8. The highest BCUT2D eigenvalue weighted by molar-refractivity contribution is 6.20. The fourth-order valence-electron chi connectivity index (χ4n) is 6.83. The summed E-state index contributed by atoms with van der Waals surface area (Å²) in [6.07, 6.45) is 14.5. The van der Waals surface area contributed by atoms with Gasteiger partial charge in [0.2, 0.25) is 0 Å². The van der Waals surface area contributed by atoms with Crippen LogP contribution in [0, 0.1) is 0 Å². The van der Waals surface area contributed by atoms with E-state index >= 15 is 0 Å². The van der Waals surface area contributed by atoms with Gasteiger partial charge in [-0.15, -0.1) is 0 Å². The van der Waals surface area contributed by atoms with Crippen molar-refractivity contribution in [2.75, 3.05) is 0 Å². The number of hydrogen-bond donors (Lipinski definition) is 0. The fourth-order valence-corrected chi connectivity index (χ4v) is 6.83. The zero-order valence-corrected chi connectivity index (χ0v) is 27.6. The Morgan fingerprint density at radius 2 is 0.904 bits per heavy atom. The number of aromatic nitrogens is 8. The largest absolute Gasteiger partial charge is 0.457 e. The summed E-state index contributed by atoms with van der Waals surface area (Å²) in [5.74, 6) is 4.43. The quantitative estimate of drug-likeness (QED) is 0.159. The Balaban J connectivity index is 1.16. The average Bonchev–Trinajstić information content (AvgIpc) is 4.02. The molecule has 0 saturated carbocycles. The Kier molecular flexibility index (Phi) is 6.88. The number of hydrogen-bond acceptors (Lipinski definition) is 6. The van der Waals surface area contributed by atoms with E-state index in [2.05, 4.69) is 43.4 Å². The third-order valence-corrected chi connectivity index (χ3v) is 9.07. The maximum Gasteiger partial charge on any atom is 0.137 e. The molecule has 0 saturated heterocycles. The summed E-state index contributed by atoms with van der Waals surface area (Å²) < 4.78 is 21.3. The molecule has 0 aliphatic rings. The van der Waals surface area contributed by atoms with Crippen LogP contribution in [0.4, 0.5) is 0 Å². The molecule has 10 aromatic rings. The number of fused-ring (bicyclic) bond motifs is 5. The molecule has 0 atom stereocenters. The lowest BCUT2D eigenvalue weighted by molar-refractivity contribution is 0.483. The maximum atomic E-state index is 6.49. The Labute approximate surface area is 297 Å². The van der Waals surface area contributed by atoms with E-state index in [1.54, 1.807) is 25.0 Å². The lowest BCUT2D eigenvalue weighted by atomic mass is 10.2. The highest BCUT2D eigenvalue weighted by Gasteiger charge is 2.24. The molecule has 10 heteroatoms. The van der Waals surface area contributed by atoms with Crippen molar-refractivity contribution in [3.8, 4) is 46.0 Å². The molecule has 0 N–H and O–H groups in total. The van der Waals surface area contributed by atoms with E-state index in [4.69, 9.17) is 19.4 Å². The zero-order valence-electron chi connectivity index (χ0n) is 27.6. The molecule has 0 bridgehead atoms. The average molecular weight is 677 g/mol. The summed E-state index contributed by atoms with van der Waals surface area (Å²) in [5.41, 5.74) is 5.84. The zero-order chi connectivity index (χ0) is 34.4. The minimum atomic E-state index is 0.704. The lowest BCUT2D eigenvalue weighted by Gasteiger charge is -2.12. The number of pyridine rings is 2. The van der Waals surface area contributed by atoms with E-state index in [1.807, 2.05) is 131 Å². The van der Waals surface area contributed by atoms with Crippen LogP contribution in [0.25, 0.3) is 55.8 Å². The second-order valence-corrected chi connectivity index (χ2v) is 12.2. The minimum absolute atomic E-state index is 0.704. The van der Waals surface area contributed by atoms with Crippen LogP contribution in [0.1, 0.15) is 0 Å². The second-order valence-electron chi connectivity index (χ2n) is 12.2. The van der Waals surface area contributed by atoms with Crippen LogP contribution in [0.3, 0.4) is 0 Å². The Morgan fingerprint density at radius 1 is 0.423 bits per heavy atom. The van der Waals surface area contributed by atoms with Crippen molar-refractivity contribution in [3.63, 3.8) is 0 Å². The number of benzene rings is 4. The highest BCUT2D eigenvalue weighted by Crippen LogP contribution is 2.43. The van der Waals surface area contributed by atoms with Gasteiger partial charge >= 0.3 is 0 Å². The summed E-state index contributed by atoms with van der Waals surface area (Å²) in [4.78, 5) is 18.0. The van der Waals surface area contributed by atoms with Crippen LogP contribution in [0.5, 0.6) is 23.0 Å². The maximum absolute atomic E-state index is 6.49. The van der Waals surface area contributed by atoms with Crippen LogP contribution in [-0.4, -0.2) is 38.2 Å². The van der Waals surface area contributed by atoms with Gasteiger partial charge in [0.1, 0.15) is 34.6 Å². The first-order valence-electron chi connectivity index (χ1n) is 16.7. The number of nitrogens with zero attached hydrogens (tertiary/aromatic N) is 8. The second kappa shape index (κ2) is 12.1. The summed E-state index contributed by atoms with van der Waals surface area (Å²) in [6.45, 7) is 0. The van der Waals surface area contributed by atoms with Gasteiger partial charge in [-0.2, -0.15) is 0 Å². The summed E-state index contributed by atoms with van der Waals surface area (Å²) in [7, 11) is 0. The monoisotopic (exact) mass is 676 g/mol. The predicted molar refractivity (Wildman–Crippen MR) is 200 cm³/mol.